The fourth-order valence-electron chi connectivity index (χ4n) is 5.99. The largest absolute Gasteiger partial charge is 3.00 e. The van der Waals surface area contributed by atoms with Crippen molar-refractivity contribution >= 4 is 94.0 Å². The van der Waals surface area contributed by atoms with Gasteiger partial charge in [0.15, 0.2) is 0 Å². The third-order valence-corrected chi connectivity index (χ3v) is 9.75. The predicted octanol–water partition coefficient (Wildman–Crippen LogP) is 7.95. The van der Waals surface area contributed by atoms with Gasteiger partial charge >= 0.3 is 71.7 Å². The minimum atomic E-state index is -1.75. The second kappa shape index (κ2) is 61.0. The SMILES string of the molecule is CO.CO.COc1cccc(C=Nc2ccccc2[O-])c1[O-].COc1cccc(C=Nc2ccccc2[O-])c1[O-].COc1cccc(C=Nc2ccccc2[O-])c1[O-].COc1cccc(C=Nc2ccccc2[O-])c1[O-].ClCCl.ClCCl.O=[N+]([O-])[O-].O=[N+]([O-])[O-].[Co+2].[Co+3].[Dy+3].[Dy]. The van der Waals surface area contributed by atoms with E-state index in [2.05, 4.69) is 20.0 Å². The van der Waals surface area contributed by atoms with Gasteiger partial charge in [0, 0.05) is 77.3 Å². The summed E-state index contributed by atoms with van der Waals surface area (Å²) < 4.78 is 19.7. The van der Waals surface area contributed by atoms with Gasteiger partial charge in [-0.3, -0.25) is 20.0 Å². The van der Waals surface area contributed by atoms with Gasteiger partial charge in [-0.1, -0.05) is 167 Å². The van der Waals surface area contributed by atoms with E-state index in [1.807, 2.05) is 0 Å². The van der Waals surface area contributed by atoms with Crippen molar-refractivity contribution in [2.45, 2.75) is 0 Å². The Kier molecular flexibility index (Phi) is 63.7. The van der Waals surface area contributed by atoms with Crippen molar-refractivity contribution in [3.8, 4) is 69.0 Å². The molecule has 0 atom stereocenters. The molecule has 0 spiro atoms. The summed E-state index contributed by atoms with van der Waals surface area (Å²) >= 11 is 19.1. The van der Waals surface area contributed by atoms with Crippen LogP contribution in [0.3, 0.4) is 0 Å². The number of benzene rings is 8. The molecule has 94 heavy (non-hydrogen) atoms. The van der Waals surface area contributed by atoms with E-state index in [1.165, 1.54) is 77.6 Å². The van der Waals surface area contributed by atoms with Crippen LogP contribution in [0.5, 0.6) is 69.0 Å². The van der Waals surface area contributed by atoms with Crippen LogP contribution in [-0.4, -0.2) is 98.6 Å². The number of aliphatic hydroxyl groups excluding tert-OH is 2. The molecular formula is C60H56Cl4Co2Dy2N6O20-2. The number of hydrogen-bond donors (Lipinski definition) is 2. The van der Waals surface area contributed by atoms with Crippen LogP contribution in [0, 0.1) is 107 Å². The second-order valence-electron chi connectivity index (χ2n) is 15.1. The van der Waals surface area contributed by atoms with Gasteiger partial charge in [0.1, 0.15) is 23.0 Å². The van der Waals surface area contributed by atoms with Crippen LogP contribution in [0.1, 0.15) is 22.3 Å². The van der Waals surface area contributed by atoms with Crippen LogP contribution in [0.25, 0.3) is 0 Å². The molecule has 0 saturated heterocycles. The Hall–Kier alpha value is -6.92. The number of nitrogens with zero attached hydrogens (tertiary/aromatic N) is 6. The molecule has 0 aliphatic carbocycles. The fraction of sp³-hybridized carbons (Fsp3) is 0.133. The van der Waals surface area contributed by atoms with Gasteiger partial charge in [-0.25, -0.2) is 0 Å². The fourth-order valence-corrected chi connectivity index (χ4v) is 5.99. The number of methoxy groups -OCH3 is 4. The molecule has 0 amide bonds. The minimum Gasteiger partial charge on any atom is -0.871 e. The molecule has 0 bridgehead atoms. The molecule has 0 heterocycles. The zero-order chi connectivity index (χ0) is 68.4. The number of alkyl halides is 4. The van der Waals surface area contributed by atoms with Gasteiger partial charge in [0.2, 0.25) is 0 Å². The molecule has 8 rings (SSSR count). The first-order valence-corrected chi connectivity index (χ1v) is 26.6. The predicted molar refractivity (Wildman–Crippen MR) is 332 cm³/mol. The van der Waals surface area contributed by atoms with Crippen LogP contribution in [-0.2, 0) is 33.6 Å². The normalized spacial score (nSPS) is 9.23. The minimum absolute atomic E-state index is 0. The maximum atomic E-state index is 11.8. The van der Waals surface area contributed by atoms with E-state index in [0.717, 1.165) is 14.2 Å². The number of aliphatic imine (C=N–C) groups is 4. The molecule has 34 heteroatoms. The Balaban J connectivity index is -0.000000249. The summed E-state index contributed by atoms with van der Waals surface area (Å²) in [4.78, 5) is 32.6. The van der Waals surface area contributed by atoms with Crippen LogP contribution < -0.4 is 59.8 Å². The van der Waals surface area contributed by atoms with E-state index in [-0.39, 0.29) is 190 Å². The first-order chi connectivity index (χ1) is 43.2. The number of rotatable bonds is 12. The van der Waals surface area contributed by atoms with Gasteiger partial charge in [-0.15, -0.1) is 46.4 Å². The first kappa shape index (κ1) is 98.1. The molecule has 0 saturated carbocycles. The topological polar surface area (TPSA) is 444 Å². The van der Waals surface area contributed by atoms with Gasteiger partial charge in [-0.2, -0.15) is 0 Å². The Bertz CT molecular complexity index is 3040. The summed E-state index contributed by atoms with van der Waals surface area (Å²) in [5, 5.41) is 137. The second-order valence-corrected chi connectivity index (χ2v) is 16.7. The molecule has 0 aromatic heterocycles. The van der Waals surface area contributed by atoms with Gasteiger partial charge < -0.3 is 101 Å². The van der Waals surface area contributed by atoms with Crippen molar-refractivity contribution in [3.63, 3.8) is 0 Å². The van der Waals surface area contributed by atoms with Crippen molar-refractivity contribution in [1.29, 1.82) is 0 Å². The maximum Gasteiger partial charge on any atom is 3.00 e. The molecule has 0 fully saturated rings. The molecule has 26 nitrogen and oxygen atoms in total. The first-order valence-electron chi connectivity index (χ1n) is 24.5. The molecular weight excluding hydrogens is 1710 g/mol. The Morgan fingerprint density at radius 3 is 0.649 bits per heavy atom. The van der Waals surface area contributed by atoms with Crippen molar-refractivity contribution in [2.24, 2.45) is 20.0 Å². The van der Waals surface area contributed by atoms with E-state index in [9.17, 15) is 40.9 Å². The van der Waals surface area contributed by atoms with Crippen molar-refractivity contribution in [1.82, 2.24) is 0 Å². The zero-order valence-electron chi connectivity index (χ0n) is 49.6. The summed E-state index contributed by atoms with van der Waals surface area (Å²) in [5.41, 5.74) is 2.77. The van der Waals surface area contributed by atoms with Crippen LogP contribution in [0.15, 0.2) is 190 Å². The van der Waals surface area contributed by atoms with Crippen molar-refractivity contribution < 1.29 is 190 Å². The molecule has 0 aliphatic heterocycles. The summed E-state index contributed by atoms with van der Waals surface area (Å²) in [6.07, 6.45) is 5.51. The number of aliphatic hydroxyl groups is 2. The molecule has 514 valence electrons. The van der Waals surface area contributed by atoms with Crippen LogP contribution in [0.4, 0.5) is 22.7 Å². The maximum absolute atomic E-state index is 11.8. The van der Waals surface area contributed by atoms with Crippen molar-refractivity contribution in [3.05, 3.63) is 223 Å². The standard InChI is InChI=1S/4C14H13NO3.2CH2Cl2.2CH4O.2Co.2Dy.2NO3/c4*1-18-13-8-4-5-10(14(13)17)9-15-11-6-2-3-7-12(11)16;2*2-1-3;2*1-2;;;;;2*2-1(3)4/h4*2-9,16-17H,1H3;2*1H2;2*2H,1H3;;;;;;/q;;;;;;;;+2;+3;;+3;2*-1/p-8. The summed E-state index contributed by atoms with van der Waals surface area (Å²) in [6, 6.07) is 45.2. The van der Waals surface area contributed by atoms with Gasteiger partial charge in [-0.05, 0) is 70.8 Å². The van der Waals surface area contributed by atoms with E-state index >= 15 is 0 Å². The Morgan fingerprint density at radius 1 is 0.362 bits per heavy atom. The average Bonchev–Trinajstić information content (AvgIpc) is 1.23. The van der Waals surface area contributed by atoms with Gasteiger partial charge in [0.05, 0.1) is 72.0 Å². The smallest absolute Gasteiger partial charge is 0.871 e. The summed E-state index contributed by atoms with van der Waals surface area (Å²) in [6.45, 7) is 0. The zero-order valence-corrected chi connectivity index (χ0v) is 58.8. The number of halogens is 4. The molecule has 2 N–H and O–H groups in total. The van der Waals surface area contributed by atoms with E-state index in [1.54, 1.807) is 146 Å². The third-order valence-electron chi connectivity index (χ3n) is 9.75. The van der Waals surface area contributed by atoms with E-state index in [0.29, 0.717) is 45.0 Å². The molecule has 0 aliphatic rings. The van der Waals surface area contributed by atoms with E-state index in [4.69, 9.17) is 106 Å². The summed E-state index contributed by atoms with van der Waals surface area (Å²) in [5.74, 6) is -0.646. The molecule has 0 unspecified atom stereocenters. The van der Waals surface area contributed by atoms with E-state index < -0.39 is 10.2 Å². The number of hydrogen-bond acceptors (Lipinski definition) is 24. The Morgan fingerprint density at radius 2 is 0.511 bits per heavy atom. The summed E-state index contributed by atoms with van der Waals surface area (Å²) in [7, 11) is 7.74. The molecule has 2 radical (unpaired) electrons. The Labute approximate surface area is 642 Å². The monoisotopic (exact) mass is 1770 g/mol. The quantitative estimate of drug-likeness (QED) is 0.0507. The van der Waals surface area contributed by atoms with Crippen LogP contribution in [0.2, 0.25) is 0 Å². The van der Waals surface area contributed by atoms with Crippen molar-refractivity contribution in [2.75, 3.05) is 53.3 Å². The number of ether oxygens (including phenoxy) is 4. The average molecular weight is 1770 g/mol. The number of para-hydroxylation sites is 12. The third kappa shape index (κ3) is 41.0. The molecule has 8 aromatic carbocycles. The molecule has 8 aromatic rings. The van der Waals surface area contributed by atoms with Gasteiger partial charge in [0.25, 0.3) is 0 Å². The van der Waals surface area contributed by atoms with Crippen LogP contribution >= 0.6 is 46.4 Å².